The van der Waals surface area contributed by atoms with Crippen molar-refractivity contribution < 1.29 is 0 Å². The van der Waals surface area contributed by atoms with Gasteiger partial charge in [-0.25, -0.2) is 9.50 Å². The Morgan fingerprint density at radius 2 is 1.64 bits per heavy atom. The summed E-state index contributed by atoms with van der Waals surface area (Å²) in [6, 6.07) is 22.3. The van der Waals surface area contributed by atoms with Gasteiger partial charge in [0.1, 0.15) is 17.7 Å². The van der Waals surface area contributed by atoms with Crippen LogP contribution in [0.25, 0.3) is 16.9 Å². The molecule has 0 spiro atoms. The largest absolute Gasteiger partial charge is 0.295 e. The van der Waals surface area contributed by atoms with Crippen LogP contribution in [0.5, 0.6) is 0 Å². The second kappa shape index (κ2) is 8.24. The molecule has 7 nitrogen and oxygen atoms in total. The topological polar surface area (TPSA) is 91.8 Å². The highest BCUT2D eigenvalue weighted by Gasteiger charge is 2.23. The summed E-state index contributed by atoms with van der Waals surface area (Å²) in [6.45, 7) is 3.92. The van der Waals surface area contributed by atoms with Crippen LogP contribution in [0.4, 0.5) is 0 Å². The van der Waals surface area contributed by atoms with Gasteiger partial charge in [0.15, 0.2) is 5.65 Å². The van der Waals surface area contributed by atoms with Gasteiger partial charge in [0.25, 0.3) is 5.56 Å². The normalized spacial score (nSPS) is 11.4. The van der Waals surface area contributed by atoms with E-state index in [1.807, 2.05) is 61.1 Å². The van der Waals surface area contributed by atoms with E-state index in [-0.39, 0.29) is 17.5 Å². The first-order valence-electron chi connectivity index (χ1n) is 10.8. The molecular formula is C26H22N6O. The molecule has 0 unspecified atom stereocenters. The molecule has 0 fully saturated rings. The zero-order valence-corrected chi connectivity index (χ0v) is 18.3. The van der Waals surface area contributed by atoms with Crippen LogP contribution in [0.3, 0.4) is 0 Å². The van der Waals surface area contributed by atoms with Crippen molar-refractivity contribution in [2.75, 3.05) is 0 Å². The lowest BCUT2D eigenvalue weighted by molar-refractivity contribution is 0.596. The standard InChI is InChI=1S/C26H22N6O/c1-17(2)22-23(30-25-20(13-27)14-29-32(25)26(22)33)21-15-28-31(16-21)24(18-9-5-3-6-10-18)19-11-7-4-8-12-19/h3-12,14-17,24,29H,1-2H3. The highest BCUT2D eigenvalue weighted by atomic mass is 16.1. The number of H-pyrrole nitrogens is 1. The Morgan fingerprint density at radius 3 is 2.21 bits per heavy atom. The van der Waals surface area contributed by atoms with Crippen molar-refractivity contribution in [1.82, 2.24) is 24.4 Å². The number of aromatic amines is 1. The molecule has 0 bridgehead atoms. The molecule has 7 heteroatoms. The number of aromatic nitrogens is 5. The monoisotopic (exact) mass is 434 g/mol. The maximum atomic E-state index is 13.2. The van der Waals surface area contributed by atoms with Crippen molar-refractivity contribution in [3.05, 3.63) is 112 Å². The van der Waals surface area contributed by atoms with E-state index in [0.29, 0.717) is 22.5 Å². The van der Waals surface area contributed by atoms with Crippen molar-refractivity contribution >= 4 is 5.65 Å². The number of nitrogens with zero attached hydrogens (tertiary/aromatic N) is 5. The summed E-state index contributed by atoms with van der Waals surface area (Å²) in [6.07, 6.45) is 5.16. The van der Waals surface area contributed by atoms with Crippen LogP contribution in [0, 0.1) is 11.3 Å². The predicted octanol–water partition coefficient (Wildman–Crippen LogP) is 4.52. The maximum absolute atomic E-state index is 13.2. The van der Waals surface area contributed by atoms with Crippen LogP contribution in [-0.4, -0.2) is 24.4 Å². The van der Waals surface area contributed by atoms with Gasteiger partial charge < -0.3 is 0 Å². The van der Waals surface area contributed by atoms with Gasteiger partial charge in [0.05, 0.1) is 11.9 Å². The van der Waals surface area contributed by atoms with E-state index >= 15 is 0 Å². The molecule has 0 amide bonds. The number of nitriles is 1. The molecule has 162 valence electrons. The minimum atomic E-state index is -0.207. The average molecular weight is 435 g/mol. The number of nitrogens with one attached hydrogen (secondary N) is 1. The van der Waals surface area contributed by atoms with Gasteiger partial charge >= 0.3 is 0 Å². The molecule has 1 N–H and O–H groups in total. The van der Waals surface area contributed by atoms with Gasteiger partial charge in [-0.05, 0) is 17.0 Å². The van der Waals surface area contributed by atoms with Gasteiger partial charge in [-0.1, -0.05) is 74.5 Å². The lowest BCUT2D eigenvalue weighted by Gasteiger charge is -2.19. The molecule has 33 heavy (non-hydrogen) atoms. The first kappa shape index (κ1) is 20.5. The summed E-state index contributed by atoms with van der Waals surface area (Å²) in [5.41, 5.74) is 4.50. The van der Waals surface area contributed by atoms with Gasteiger partial charge in [-0.3, -0.25) is 14.6 Å². The fourth-order valence-corrected chi connectivity index (χ4v) is 4.22. The van der Waals surface area contributed by atoms with Crippen molar-refractivity contribution in [3.8, 4) is 17.3 Å². The minimum Gasteiger partial charge on any atom is -0.295 e. The summed E-state index contributed by atoms with van der Waals surface area (Å²) in [4.78, 5) is 18.0. The molecule has 2 aromatic carbocycles. The highest BCUT2D eigenvalue weighted by Crippen LogP contribution is 2.30. The van der Waals surface area contributed by atoms with Crippen molar-refractivity contribution in [1.29, 1.82) is 5.26 Å². The van der Waals surface area contributed by atoms with E-state index in [1.54, 1.807) is 6.20 Å². The first-order valence-corrected chi connectivity index (χ1v) is 10.8. The molecule has 0 aliphatic heterocycles. The van der Waals surface area contributed by atoms with Crippen LogP contribution < -0.4 is 5.56 Å². The number of fused-ring (bicyclic) bond motifs is 1. The molecular weight excluding hydrogens is 412 g/mol. The Hall–Kier alpha value is -4.44. The third-order valence-electron chi connectivity index (χ3n) is 5.76. The zero-order chi connectivity index (χ0) is 22.9. The van der Waals surface area contributed by atoms with E-state index in [2.05, 4.69) is 40.5 Å². The summed E-state index contributed by atoms with van der Waals surface area (Å²) >= 11 is 0. The molecule has 0 atom stereocenters. The maximum Gasteiger partial charge on any atom is 0.276 e. The van der Waals surface area contributed by atoms with E-state index in [0.717, 1.165) is 16.7 Å². The van der Waals surface area contributed by atoms with Crippen LogP contribution in [-0.2, 0) is 0 Å². The van der Waals surface area contributed by atoms with Gasteiger partial charge in [0.2, 0.25) is 0 Å². The van der Waals surface area contributed by atoms with Crippen molar-refractivity contribution in [2.24, 2.45) is 0 Å². The number of rotatable bonds is 5. The molecule has 5 rings (SSSR count). The van der Waals surface area contributed by atoms with E-state index in [4.69, 9.17) is 4.98 Å². The lowest BCUT2D eigenvalue weighted by Crippen LogP contribution is -2.22. The highest BCUT2D eigenvalue weighted by molar-refractivity contribution is 5.67. The van der Waals surface area contributed by atoms with Crippen LogP contribution in [0.1, 0.15) is 48.1 Å². The van der Waals surface area contributed by atoms with Crippen molar-refractivity contribution in [3.63, 3.8) is 0 Å². The fraction of sp³-hybridized carbons (Fsp3) is 0.154. The molecule has 0 aliphatic rings. The minimum absolute atomic E-state index is 0.0619. The SMILES string of the molecule is CC(C)c1c(-c2cnn(C(c3ccccc3)c3ccccc3)c2)nc2c(C#N)c[nH]n2c1=O. The summed E-state index contributed by atoms with van der Waals surface area (Å²) in [5.74, 6) is -0.0619. The third-order valence-corrected chi connectivity index (χ3v) is 5.76. The van der Waals surface area contributed by atoms with E-state index in [9.17, 15) is 10.1 Å². The number of hydrogen-bond donors (Lipinski definition) is 1. The van der Waals surface area contributed by atoms with Crippen molar-refractivity contribution in [2.45, 2.75) is 25.8 Å². The number of benzene rings is 2. The van der Waals surface area contributed by atoms with Gasteiger partial charge in [-0.15, -0.1) is 0 Å². The Labute approximate surface area is 190 Å². The predicted molar refractivity (Wildman–Crippen MR) is 126 cm³/mol. The van der Waals surface area contributed by atoms with Gasteiger partial charge in [-0.2, -0.15) is 10.4 Å². The average Bonchev–Trinajstić information content (AvgIpc) is 3.48. The smallest absolute Gasteiger partial charge is 0.276 e. The molecule has 0 radical (unpaired) electrons. The Bertz CT molecular complexity index is 1480. The Morgan fingerprint density at radius 1 is 1.00 bits per heavy atom. The van der Waals surface area contributed by atoms with E-state index in [1.165, 1.54) is 10.7 Å². The summed E-state index contributed by atoms with van der Waals surface area (Å²) in [7, 11) is 0. The summed E-state index contributed by atoms with van der Waals surface area (Å²) < 4.78 is 3.23. The Balaban J connectivity index is 1.70. The van der Waals surface area contributed by atoms with Gasteiger partial charge in [0, 0.05) is 23.5 Å². The summed E-state index contributed by atoms with van der Waals surface area (Å²) in [5, 5.41) is 17.0. The molecule has 3 heterocycles. The Kier molecular flexibility index (Phi) is 5.11. The molecule has 0 saturated heterocycles. The lowest BCUT2D eigenvalue weighted by atomic mass is 9.98. The fourth-order valence-electron chi connectivity index (χ4n) is 4.22. The van der Waals surface area contributed by atoms with Crippen LogP contribution >= 0.6 is 0 Å². The van der Waals surface area contributed by atoms with E-state index < -0.39 is 0 Å². The second-order valence-electron chi connectivity index (χ2n) is 8.22. The quantitative estimate of drug-likeness (QED) is 0.440. The van der Waals surface area contributed by atoms with Crippen LogP contribution in [0.15, 0.2) is 84.0 Å². The molecule has 3 aromatic heterocycles. The molecule has 0 aliphatic carbocycles. The number of hydrogen-bond acceptors (Lipinski definition) is 4. The molecule has 0 saturated carbocycles. The van der Waals surface area contributed by atoms with Crippen LogP contribution in [0.2, 0.25) is 0 Å². The molecule has 5 aromatic rings. The third kappa shape index (κ3) is 3.52. The first-order chi connectivity index (χ1) is 16.1. The zero-order valence-electron chi connectivity index (χ0n) is 18.3. The second-order valence-corrected chi connectivity index (χ2v) is 8.22.